The summed E-state index contributed by atoms with van der Waals surface area (Å²) < 4.78 is 13.9. The van der Waals surface area contributed by atoms with Gasteiger partial charge in [0.2, 0.25) is 5.91 Å². The van der Waals surface area contributed by atoms with Gasteiger partial charge in [-0.05, 0) is 42.7 Å². The first-order valence-corrected chi connectivity index (χ1v) is 11.1. The number of fused-ring (bicyclic) bond motifs is 1. The minimum Gasteiger partial charge on any atom is -0.342 e. The van der Waals surface area contributed by atoms with Crippen LogP contribution in [0, 0.1) is 5.82 Å². The van der Waals surface area contributed by atoms with Crippen molar-refractivity contribution in [1.29, 1.82) is 0 Å². The molecule has 3 N–H and O–H groups in total. The summed E-state index contributed by atoms with van der Waals surface area (Å²) in [6, 6.07) is 11.2. The average Bonchev–Trinajstić information content (AvgIpc) is 3.29. The minimum absolute atomic E-state index is 0.290. The number of H-pyrrole nitrogens is 1. The number of nitrogens with zero attached hydrogens (tertiary/aromatic N) is 2. The molecule has 5 rings (SSSR count). The van der Waals surface area contributed by atoms with Crippen LogP contribution in [0.1, 0.15) is 43.5 Å². The van der Waals surface area contributed by atoms with E-state index in [2.05, 4.69) is 20.6 Å². The predicted molar refractivity (Wildman–Crippen MR) is 120 cm³/mol. The number of hydrogen-bond donors (Lipinski definition) is 3. The van der Waals surface area contributed by atoms with E-state index in [1.807, 2.05) is 0 Å². The molecule has 1 aromatic heterocycles. The maximum atomic E-state index is 13.9. The number of carbonyl (C=O) groups is 3. The van der Waals surface area contributed by atoms with Crippen LogP contribution in [0.2, 0.25) is 0 Å². The topological polar surface area (TPSA) is 107 Å². The number of rotatable bonds is 5. The van der Waals surface area contributed by atoms with E-state index in [9.17, 15) is 18.8 Å². The van der Waals surface area contributed by atoms with Crippen LogP contribution in [0.3, 0.4) is 0 Å². The third-order valence-corrected chi connectivity index (χ3v) is 6.39. The van der Waals surface area contributed by atoms with Gasteiger partial charge in [0.05, 0.1) is 11.0 Å². The van der Waals surface area contributed by atoms with Crippen molar-refractivity contribution in [2.24, 2.45) is 0 Å². The van der Waals surface area contributed by atoms with Crippen LogP contribution in [0.4, 0.5) is 14.9 Å². The Balaban J connectivity index is 1.26. The molecular formula is C24H24FN5O3. The fourth-order valence-corrected chi connectivity index (χ4v) is 4.70. The molecule has 0 atom stereocenters. The number of hydrogen-bond acceptors (Lipinski definition) is 4. The van der Waals surface area contributed by atoms with E-state index in [4.69, 9.17) is 0 Å². The smallest absolute Gasteiger partial charge is 0.325 e. The molecule has 170 valence electrons. The Morgan fingerprint density at radius 2 is 1.91 bits per heavy atom. The number of aromatic amines is 1. The van der Waals surface area contributed by atoms with E-state index >= 15 is 0 Å². The minimum atomic E-state index is -0.848. The number of halogens is 1. The van der Waals surface area contributed by atoms with Crippen LogP contribution in [0.15, 0.2) is 42.5 Å². The first kappa shape index (κ1) is 21.1. The largest absolute Gasteiger partial charge is 0.342 e. The lowest BCUT2D eigenvalue weighted by Gasteiger charge is -2.30. The number of anilines is 1. The lowest BCUT2D eigenvalue weighted by Crippen LogP contribution is -2.48. The lowest BCUT2D eigenvalue weighted by atomic mass is 9.82. The fraction of sp³-hybridized carbons (Fsp3) is 0.333. The van der Waals surface area contributed by atoms with Gasteiger partial charge >= 0.3 is 6.03 Å². The van der Waals surface area contributed by atoms with Crippen molar-refractivity contribution >= 4 is 34.6 Å². The maximum absolute atomic E-state index is 13.9. The standard InChI is InChI=1S/C24H24FN5O3/c25-17-7-3-2-6-15(17)12-20-27-18-9-8-16(13-19(18)28-20)26-21(31)14-30-22(32)24(29-23(30)33)10-4-1-5-11-24/h2-3,6-9,13H,1,4-5,10-12,14H2,(H,26,31)(H,27,28)(H,29,33). The molecule has 8 nitrogen and oxygen atoms in total. The van der Waals surface area contributed by atoms with Crippen molar-refractivity contribution < 1.29 is 18.8 Å². The second-order valence-corrected chi connectivity index (χ2v) is 8.70. The zero-order valence-corrected chi connectivity index (χ0v) is 18.0. The number of nitrogens with one attached hydrogen (secondary N) is 3. The molecule has 0 unspecified atom stereocenters. The molecule has 2 fully saturated rings. The maximum Gasteiger partial charge on any atom is 0.325 e. The lowest BCUT2D eigenvalue weighted by molar-refractivity contribution is -0.134. The van der Waals surface area contributed by atoms with Crippen LogP contribution in [0.25, 0.3) is 11.0 Å². The van der Waals surface area contributed by atoms with E-state index in [0.29, 0.717) is 47.4 Å². The molecule has 1 saturated carbocycles. The van der Waals surface area contributed by atoms with Crippen LogP contribution in [0.5, 0.6) is 0 Å². The van der Waals surface area contributed by atoms with Gasteiger partial charge < -0.3 is 15.6 Å². The van der Waals surface area contributed by atoms with Crippen molar-refractivity contribution in [2.45, 2.75) is 44.1 Å². The molecular weight excluding hydrogens is 425 g/mol. The molecule has 2 aromatic carbocycles. The summed E-state index contributed by atoms with van der Waals surface area (Å²) in [6.45, 7) is -0.341. The molecule has 33 heavy (non-hydrogen) atoms. The third-order valence-electron chi connectivity index (χ3n) is 6.39. The highest BCUT2D eigenvalue weighted by molar-refractivity contribution is 6.10. The van der Waals surface area contributed by atoms with Crippen LogP contribution < -0.4 is 10.6 Å². The fourth-order valence-electron chi connectivity index (χ4n) is 4.70. The summed E-state index contributed by atoms with van der Waals surface area (Å²) in [6.07, 6.45) is 4.35. The second kappa shape index (κ2) is 8.31. The number of amides is 4. The van der Waals surface area contributed by atoms with Gasteiger partial charge in [-0.25, -0.2) is 14.2 Å². The Labute approximate surface area is 189 Å². The normalized spacial score (nSPS) is 17.5. The first-order chi connectivity index (χ1) is 15.9. The molecule has 2 heterocycles. The van der Waals surface area contributed by atoms with E-state index in [0.717, 1.165) is 24.2 Å². The summed E-state index contributed by atoms with van der Waals surface area (Å²) in [5.41, 5.74) is 1.57. The van der Waals surface area contributed by atoms with Crippen molar-refractivity contribution in [3.63, 3.8) is 0 Å². The molecule has 0 bridgehead atoms. The number of carbonyl (C=O) groups excluding carboxylic acids is 3. The van der Waals surface area contributed by atoms with Crippen molar-refractivity contribution in [3.05, 3.63) is 59.7 Å². The number of imidazole rings is 1. The predicted octanol–water partition coefficient (Wildman–Crippen LogP) is 3.49. The van der Waals surface area contributed by atoms with Gasteiger partial charge in [-0.2, -0.15) is 0 Å². The Hall–Kier alpha value is -3.75. The van der Waals surface area contributed by atoms with E-state index < -0.39 is 17.5 Å². The van der Waals surface area contributed by atoms with Gasteiger partial charge in [0.15, 0.2) is 0 Å². The second-order valence-electron chi connectivity index (χ2n) is 8.70. The average molecular weight is 449 g/mol. The molecule has 3 aromatic rings. The highest BCUT2D eigenvalue weighted by Gasteiger charge is 2.51. The van der Waals surface area contributed by atoms with Crippen LogP contribution in [-0.4, -0.2) is 44.8 Å². The number of urea groups is 1. The highest BCUT2D eigenvalue weighted by atomic mass is 19.1. The Morgan fingerprint density at radius 1 is 1.12 bits per heavy atom. The molecule has 0 radical (unpaired) electrons. The van der Waals surface area contributed by atoms with Crippen molar-refractivity contribution in [2.75, 3.05) is 11.9 Å². The number of benzene rings is 2. The zero-order chi connectivity index (χ0) is 23.0. The van der Waals surface area contributed by atoms with Crippen molar-refractivity contribution in [3.8, 4) is 0 Å². The van der Waals surface area contributed by atoms with Gasteiger partial charge in [0.25, 0.3) is 5.91 Å². The quantitative estimate of drug-likeness (QED) is 0.518. The van der Waals surface area contributed by atoms with Gasteiger partial charge in [-0.1, -0.05) is 37.5 Å². The third kappa shape index (κ3) is 4.06. The van der Waals surface area contributed by atoms with Gasteiger partial charge in [0.1, 0.15) is 23.7 Å². The number of imide groups is 1. The summed E-state index contributed by atoms with van der Waals surface area (Å²) in [4.78, 5) is 46.5. The Morgan fingerprint density at radius 3 is 2.70 bits per heavy atom. The molecule has 4 amide bonds. The Bertz CT molecular complexity index is 1250. The van der Waals surface area contributed by atoms with Gasteiger partial charge in [-0.15, -0.1) is 0 Å². The molecule has 1 spiro atoms. The summed E-state index contributed by atoms with van der Waals surface area (Å²) in [5.74, 6) is -0.460. The number of aromatic nitrogens is 2. The monoisotopic (exact) mass is 449 g/mol. The Kier molecular flexibility index (Phi) is 5.32. The van der Waals surface area contributed by atoms with Crippen LogP contribution >= 0.6 is 0 Å². The van der Waals surface area contributed by atoms with Gasteiger partial charge in [-0.3, -0.25) is 14.5 Å². The highest BCUT2D eigenvalue weighted by Crippen LogP contribution is 2.33. The SMILES string of the molecule is O=C(CN1C(=O)NC2(CCCCC2)C1=O)Nc1ccc2nc(Cc3ccccc3F)[nH]c2c1. The van der Waals surface area contributed by atoms with Crippen LogP contribution in [-0.2, 0) is 16.0 Å². The zero-order valence-electron chi connectivity index (χ0n) is 18.0. The van der Waals surface area contributed by atoms with E-state index in [1.165, 1.54) is 6.07 Å². The summed E-state index contributed by atoms with van der Waals surface area (Å²) >= 11 is 0. The molecule has 1 aliphatic heterocycles. The first-order valence-electron chi connectivity index (χ1n) is 11.1. The van der Waals surface area contributed by atoms with E-state index in [-0.39, 0.29) is 18.3 Å². The summed E-state index contributed by atoms with van der Waals surface area (Å²) in [7, 11) is 0. The molecule has 1 saturated heterocycles. The molecule has 1 aliphatic carbocycles. The molecule has 2 aliphatic rings. The molecule has 9 heteroatoms. The van der Waals surface area contributed by atoms with E-state index in [1.54, 1.807) is 36.4 Å². The van der Waals surface area contributed by atoms with Crippen molar-refractivity contribution in [1.82, 2.24) is 20.2 Å². The van der Waals surface area contributed by atoms with Gasteiger partial charge in [0, 0.05) is 12.1 Å². The summed E-state index contributed by atoms with van der Waals surface area (Å²) in [5, 5.41) is 5.55.